The van der Waals surface area contributed by atoms with Gasteiger partial charge in [0, 0.05) is 23.9 Å². The fraction of sp³-hybridized carbons (Fsp3) is 0.211. The number of alkyl halides is 3. The Labute approximate surface area is 159 Å². The van der Waals surface area contributed by atoms with Gasteiger partial charge in [-0.2, -0.15) is 13.2 Å². The Morgan fingerprint density at radius 3 is 2.14 bits per heavy atom. The summed E-state index contributed by atoms with van der Waals surface area (Å²) in [5, 5.41) is 7.37. The standard InChI is InChI=1S/C19H18F3N3O3/c1-11(23-12(2)26)17(27)24-15-7-3-5-13(9-15)18(28)25-16-8-4-6-14(10-16)19(20,21)22/h3-11H,1-2H3,(H,23,26)(H,24,27)(H,25,28). The highest BCUT2D eigenvalue weighted by molar-refractivity contribution is 6.05. The number of carbonyl (C=O) groups excluding carboxylic acids is 3. The van der Waals surface area contributed by atoms with E-state index in [9.17, 15) is 27.6 Å². The fourth-order valence-corrected chi connectivity index (χ4v) is 2.34. The zero-order valence-electron chi connectivity index (χ0n) is 15.1. The summed E-state index contributed by atoms with van der Waals surface area (Å²) in [6, 6.07) is 9.38. The zero-order chi connectivity index (χ0) is 20.9. The van der Waals surface area contributed by atoms with Crippen molar-refractivity contribution in [2.75, 3.05) is 10.6 Å². The average Bonchev–Trinajstić information content (AvgIpc) is 2.61. The summed E-state index contributed by atoms with van der Waals surface area (Å²) in [6.07, 6.45) is -4.52. The van der Waals surface area contributed by atoms with Crippen molar-refractivity contribution in [1.29, 1.82) is 0 Å². The molecular weight excluding hydrogens is 375 g/mol. The molecule has 2 aromatic rings. The van der Waals surface area contributed by atoms with Crippen molar-refractivity contribution in [3.63, 3.8) is 0 Å². The van der Waals surface area contributed by atoms with Crippen molar-refractivity contribution in [2.24, 2.45) is 0 Å². The van der Waals surface area contributed by atoms with Crippen LogP contribution in [0.1, 0.15) is 29.8 Å². The number of hydrogen-bond donors (Lipinski definition) is 3. The Morgan fingerprint density at radius 1 is 0.929 bits per heavy atom. The van der Waals surface area contributed by atoms with Gasteiger partial charge >= 0.3 is 6.18 Å². The molecule has 148 valence electrons. The van der Waals surface area contributed by atoms with Crippen LogP contribution in [0, 0.1) is 0 Å². The Bertz CT molecular complexity index is 897. The first-order chi connectivity index (χ1) is 13.1. The van der Waals surface area contributed by atoms with Gasteiger partial charge in [-0.25, -0.2) is 0 Å². The molecule has 28 heavy (non-hydrogen) atoms. The second-order valence-electron chi connectivity index (χ2n) is 6.02. The molecule has 0 heterocycles. The second-order valence-corrected chi connectivity index (χ2v) is 6.02. The SMILES string of the molecule is CC(=O)NC(C)C(=O)Nc1cccc(C(=O)Nc2cccc(C(F)(F)F)c2)c1. The Balaban J connectivity index is 2.10. The molecule has 2 aromatic carbocycles. The quantitative estimate of drug-likeness (QED) is 0.728. The summed E-state index contributed by atoms with van der Waals surface area (Å²) in [6.45, 7) is 2.78. The monoisotopic (exact) mass is 393 g/mol. The summed E-state index contributed by atoms with van der Waals surface area (Å²) in [4.78, 5) is 35.3. The number of rotatable bonds is 5. The van der Waals surface area contributed by atoms with Gasteiger partial charge in [0.2, 0.25) is 11.8 Å². The van der Waals surface area contributed by atoms with E-state index in [4.69, 9.17) is 0 Å². The molecule has 0 saturated heterocycles. The summed E-state index contributed by atoms with van der Waals surface area (Å²) in [7, 11) is 0. The van der Waals surface area contributed by atoms with Crippen molar-refractivity contribution < 1.29 is 27.6 Å². The number of benzene rings is 2. The van der Waals surface area contributed by atoms with E-state index in [1.54, 1.807) is 6.07 Å². The van der Waals surface area contributed by atoms with E-state index in [0.29, 0.717) is 5.69 Å². The Morgan fingerprint density at radius 2 is 1.54 bits per heavy atom. The number of hydrogen-bond acceptors (Lipinski definition) is 3. The molecule has 3 amide bonds. The summed E-state index contributed by atoms with van der Waals surface area (Å²) in [5.74, 6) is -1.48. The van der Waals surface area contributed by atoms with Gasteiger partial charge in [0.1, 0.15) is 6.04 Å². The number of carbonyl (C=O) groups is 3. The molecule has 0 saturated carbocycles. The van der Waals surface area contributed by atoms with Crippen LogP contribution in [0.25, 0.3) is 0 Å². The van der Waals surface area contributed by atoms with Crippen LogP contribution in [0.2, 0.25) is 0 Å². The highest BCUT2D eigenvalue weighted by Crippen LogP contribution is 2.30. The first kappa shape index (κ1) is 20.9. The van der Waals surface area contributed by atoms with Gasteiger partial charge in [-0.05, 0) is 43.3 Å². The molecule has 1 unspecified atom stereocenters. The maximum Gasteiger partial charge on any atom is 0.416 e. The number of halogens is 3. The molecule has 1 atom stereocenters. The third-order valence-electron chi connectivity index (χ3n) is 3.65. The smallest absolute Gasteiger partial charge is 0.345 e. The number of amides is 3. The minimum Gasteiger partial charge on any atom is -0.345 e. The third-order valence-corrected chi connectivity index (χ3v) is 3.65. The minimum absolute atomic E-state index is 0.00598. The molecule has 3 N–H and O–H groups in total. The van der Waals surface area contributed by atoms with Gasteiger partial charge < -0.3 is 16.0 Å². The van der Waals surface area contributed by atoms with Gasteiger partial charge in [-0.3, -0.25) is 14.4 Å². The molecule has 0 aliphatic heterocycles. The van der Waals surface area contributed by atoms with E-state index < -0.39 is 29.6 Å². The average molecular weight is 393 g/mol. The van der Waals surface area contributed by atoms with Crippen LogP contribution in [0.3, 0.4) is 0 Å². The van der Waals surface area contributed by atoms with E-state index in [-0.39, 0.29) is 17.2 Å². The van der Waals surface area contributed by atoms with Gasteiger partial charge in [-0.15, -0.1) is 0 Å². The van der Waals surface area contributed by atoms with Crippen molar-refractivity contribution >= 4 is 29.1 Å². The summed E-state index contributed by atoms with van der Waals surface area (Å²) in [5.41, 5.74) is -0.437. The molecule has 6 nitrogen and oxygen atoms in total. The maximum atomic E-state index is 12.8. The topological polar surface area (TPSA) is 87.3 Å². The number of nitrogens with one attached hydrogen (secondary N) is 3. The largest absolute Gasteiger partial charge is 0.416 e. The lowest BCUT2D eigenvalue weighted by Gasteiger charge is -2.13. The molecule has 0 aliphatic carbocycles. The van der Waals surface area contributed by atoms with Crippen molar-refractivity contribution in [2.45, 2.75) is 26.1 Å². The molecule has 0 radical (unpaired) electrons. The van der Waals surface area contributed by atoms with Gasteiger partial charge in [0.15, 0.2) is 0 Å². The first-order valence-electron chi connectivity index (χ1n) is 8.23. The highest BCUT2D eigenvalue weighted by atomic mass is 19.4. The summed E-state index contributed by atoms with van der Waals surface area (Å²) < 4.78 is 38.3. The lowest BCUT2D eigenvalue weighted by molar-refractivity contribution is -0.137. The van der Waals surface area contributed by atoms with Crippen molar-refractivity contribution in [3.05, 3.63) is 59.7 Å². The van der Waals surface area contributed by atoms with Crippen LogP contribution in [-0.2, 0) is 15.8 Å². The molecule has 9 heteroatoms. The van der Waals surface area contributed by atoms with E-state index in [1.807, 2.05) is 0 Å². The van der Waals surface area contributed by atoms with Crippen LogP contribution in [0.4, 0.5) is 24.5 Å². The first-order valence-corrected chi connectivity index (χ1v) is 8.23. The van der Waals surface area contributed by atoms with Gasteiger partial charge in [0.25, 0.3) is 5.91 Å². The fourth-order valence-electron chi connectivity index (χ4n) is 2.34. The third kappa shape index (κ3) is 5.83. The van der Waals surface area contributed by atoms with Crippen molar-refractivity contribution in [3.8, 4) is 0 Å². The molecule has 0 fully saturated rings. The molecule has 0 aromatic heterocycles. The van der Waals surface area contributed by atoms with Crippen LogP contribution in [0.15, 0.2) is 48.5 Å². The van der Waals surface area contributed by atoms with E-state index in [2.05, 4.69) is 16.0 Å². The molecule has 2 rings (SSSR count). The molecule has 0 bridgehead atoms. The van der Waals surface area contributed by atoms with Crippen molar-refractivity contribution in [1.82, 2.24) is 5.32 Å². The van der Waals surface area contributed by atoms with E-state index in [1.165, 1.54) is 44.2 Å². The lowest BCUT2D eigenvalue weighted by atomic mass is 10.1. The number of anilines is 2. The van der Waals surface area contributed by atoms with Crippen LogP contribution in [0.5, 0.6) is 0 Å². The van der Waals surface area contributed by atoms with Crippen LogP contribution in [-0.4, -0.2) is 23.8 Å². The van der Waals surface area contributed by atoms with Crippen LogP contribution < -0.4 is 16.0 Å². The normalized spacial score (nSPS) is 12.0. The predicted molar refractivity (Wildman–Crippen MR) is 97.7 cm³/mol. The van der Waals surface area contributed by atoms with Gasteiger partial charge in [0.05, 0.1) is 5.56 Å². The van der Waals surface area contributed by atoms with Crippen LogP contribution >= 0.6 is 0 Å². The van der Waals surface area contributed by atoms with E-state index >= 15 is 0 Å². The van der Waals surface area contributed by atoms with E-state index in [0.717, 1.165) is 12.1 Å². The molecule has 0 spiro atoms. The lowest BCUT2D eigenvalue weighted by Crippen LogP contribution is -2.40. The predicted octanol–water partition coefficient (Wildman–Crippen LogP) is 3.42. The highest BCUT2D eigenvalue weighted by Gasteiger charge is 2.30. The Hall–Kier alpha value is -3.36. The molecular formula is C19H18F3N3O3. The zero-order valence-corrected chi connectivity index (χ0v) is 15.1. The van der Waals surface area contributed by atoms with Gasteiger partial charge in [-0.1, -0.05) is 12.1 Å². The minimum atomic E-state index is -4.52. The molecule has 0 aliphatic rings. The maximum absolute atomic E-state index is 12.8. The summed E-state index contributed by atoms with van der Waals surface area (Å²) >= 11 is 0. The Kier molecular flexibility index (Phi) is 6.40. The second kappa shape index (κ2) is 8.55.